The summed E-state index contributed by atoms with van der Waals surface area (Å²) >= 11 is 13.8. The Morgan fingerprint density at radius 1 is 0.949 bits per heavy atom. The molecule has 1 heterocycles. The monoisotopic (exact) mass is 593 g/mol. The molecule has 0 aliphatic heterocycles. The first-order chi connectivity index (χ1) is 18.7. The molecular formula is C28H33Cl2N3O5S. The number of urea groups is 1. The molecule has 210 valence electrons. The second-order valence-electron chi connectivity index (χ2n) is 8.75. The van der Waals surface area contributed by atoms with E-state index in [1.165, 1.54) is 4.90 Å². The zero-order chi connectivity index (χ0) is 28.4. The van der Waals surface area contributed by atoms with E-state index in [0.29, 0.717) is 46.7 Å². The maximum atomic E-state index is 13.6. The van der Waals surface area contributed by atoms with Gasteiger partial charge in [-0.3, -0.25) is 4.79 Å². The van der Waals surface area contributed by atoms with Crippen molar-refractivity contribution in [3.05, 3.63) is 73.9 Å². The van der Waals surface area contributed by atoms with E-state index in [1.54, 1.807) is 55.8 Å². The van der Waals surface area contributed by atoms with Gasteiger partial charge in [-0.05, 0) is 66.2 Å². The van der Waals surface area contributed by atoms with Gasteiger partial charge in [0.25, 0.3) is 0 Å². The minimum atomic E-state index is -0.461. The average molecular weight is 595 g/mol. The third-order valence-electron chi connectivity index (χ3n) is 6.13. The van der Waals surface area contributed by atoms with Crippen molar-refractivity contribution in [3.8, 4) is 11.5 Å². The van der Waals surface area contributed by atoms with Crippen molar-refractivity contribution in [2.45, 2.75) is 19.9 Å². The molecule has 0 saturated heterocycles. The van der Waals surface area contributed by atoms with Gasteiger partial charge < -0.3 is 29.3 Å². The SMILES string of the molecule is COCCN(CC(=O)N(CCc1ccc(OC)c(OC)c1)Cc1sccc1C)C(=O)Nc1ccc(Cl)cc1Cl. The van der Waals surface area contributed by atoms with Crippen molar-refractivity contribution in [2.75, 3.05) is 52.9 Å². The molecule has 0 atom stereocenters. The highest BCUT2D eigenvalue weighted by atomic mass is 35.5. The summed E-state index contributed by atoms with van der Waals surface area (Å²) in [5, 5.41) is 5.54. The Morgan fingerprint density at radius 3 is 2.36 bits per heavy atom. The van der Waals surface area contributed by atoms with Crippen LogP contribution in [0.2, 0.25) is 10.0 Å². The summed E-state index contributed by atoms with van der Waals surface area (Å²) in [5.74, 6) is 1.09. The van der Waals surface area contributed by atoms with E-state index >= 15 is 0 Å². The van der Waals surface area contributed by atoms with Crippen LogP contribution in [0.25, 0.3) is 0 Å². The summed E-state index contributed by atoms with van der Waals surface area (Å²) in [6, 6.07) is 12.1. The summed E-state index contributed by atoms with van der Waals surface area (Å²) in [6.07, 6.45) is 0.598. The van der Waals surface area contributed by atoms with Crippen LogP contribution in [0.15, 0.2) is 47.8 Å². The second kappa shape index (κ2) is 15.0. The van der Waals surface area contributed by atoms with E-state index in [1.807, 2.05) is 36.6 Å². The number of halogens is 2. The third kappa shape index (κ3) is 8.76. The number of benzene rings is 2. The number of aryl methyl sites for hydroxylation is 1. The summed E-state index contributed by atoms with van der Waals surface area (Å²) in [5.41, 5.74) is 2.52. The van der Waals surface area contributed by atoms with Crippen LogP contribution in [0.5, 0.6) is 11.5 Å². The van der Waals surface area contributed by atoms with Crippen LogP contribution in [0.4, 0.5) is 10.5 Å². The van der Waals surface area contributed by atoms with Crippen LogP contribution >= 0.6 is 34.5 Å². The molecule has 8 nitrogen and oxygen atoms in total. The number of nitrogens with one attached hydrogen (secondary N) is 1. The van der Waals surface area contributed by atoms with Gasteiger partial charge in [-0.1, -0.05) is 29.3 Å². The number of hydrogen-bond donors (Lipinski definition) is 1. The predicted molar refractivity (Wildman–Crippen MR) is 157 cm³/mol. The standard InChI is InChI=1S/C28H33Cl2N3O5S/c1-19-10-14-39-26(19)17-32(11-9-20-5-8-24(37-3)25(15-20)38-4)27(34)18-33(12-13-36-2)28(35)31-23-7-6-21(29)16-22(23)30/h5-8,10,14-16H,9,11-13,17-18H2,1-4H3,(H,31,35). The quantitative estimate of drug-likeness (QED) is 0.258. The number of carbonyl (C=O) groups is 2. The van der Waals surface area contributed by atoms with Crippen molar-refractivity contribution < 1.29 is 23.8 Å². The summed E-state index contributed by atoms with van der Waals surface area (Å²) in [7, 11) is 4.73. The Bertz CT molecular complexity index is 1270. The van der Waals surface area contributed by atoms with Gasteiger partial charge in [0.15, 0.2) is 11.5 Å². The van der Waals surface area contributed by atoms with Crippen molar-refractivity contribution >= 4 is 52.2 Å². The molecule has 1 aromatic heterocycles. The van der Waals surface area contributed by atoms with Crippen LogP contribution in [-0.4, -0.2) is 69.3 Å². The average Bonchev–Trinajstić information content (AvgIpc) is 3.33. The highest BCUT2D eigenvalue weighted by molar-refractivity contribution is 7.10. The molecule has 0 unspecified atom stereocenters. The Morgan fingerprint density at radius 2 is 1.72 bits per heavy atom. The summed E-state index contributed by atoms with van der Waals surface area (Å²) < 4.78 is 16.0. The van der Waals surface area contributed by atoms with Gasteiger partial charge in [0, 0.05) is 30.1 Å². The molecule has 0 bridgehead atoms. The molecular weight excluding hydrogens is 561 g/mol. The number of amides is 3. The van der Waals surface area contributed by atoms with E-state index in [4.69, 9.17) is 37.4 Å². The number of rotatable bonds is 13. The molecule has 3 aromatic rings. The lowest BCUT2D eigenvalue weighted by Crippen LogP contribution is -2.46. The first kappa shape index (κ1) is 30.6. The topological polar surface area (TPSA) is 80.3 Å². The van der Waals surface area contributed by atoms with E-state index in [0.717, 1.165) is 16.0 Å². The molecule has 0 fully saturated rings. The minimum absolute atomic E-state index is 0.128. The first-order valence-electron chi connectivity index (χ1n) is 12.3. The molecule has 39 heavy (non-hydrogen) atoms. The fraction of sp³-hybridized carbons (Fsp3) is 0.357. The van der Waals surface area contributed by atoms with E-state index in [9.17, 15) is 9.59 Å². The Kier molecular flexibility index (Phi) is 11.7. The van der Waals surface area contributed by atoms with Gasteiger partial charge in [-0.15, -0.1) is 11.3 Å². The Labute approximate surface area is 243 Å². The van der Waals surface area contributed by atoms with E-state index in [2.05, 4.69) is 5.32 Å². The van der Waals surface area contributed by atoms with Crippen molar-refractivity contribution in [2.24, 2.45) is 0 Å². The zero-order valence-corrected chi connectivity index (χ0v) is 24.8. The molecule has 2 aromatic carbocycles. The molecule has 1 N–H and O–H groups in total. The van der Waals surface area contributed by atoms with Gasteiger partial charge in [0.2, 0.25) is 5.91 Å². The van der Waals surface area contributed by atoms with Crippen molar-refractivity contribution in [3.63, 3.8) is 0 Å². The number of nitrogens with zero attached hydrogens (tertiary/aromatic N) is 2. The number of carbonyl (C=O) groups excluding carboxylic acids is 2. The lowest BCUT2D eigenvalue weighted by atomic mass is 10.1. The molecule has 0 spiro atoms. The Hall–Kier alpha value is -2.98. The number of ether oxygens (including phenoxy) is 3. The fourth-order valence-corrected chi connectivity index (χ4v) is 5.21. The third-order valence-corrected chi connectivity index (χ3v) is 7.68. The number of anilines is 1. The predicted octanol–water partition coefficient (Wildman–Crippen LogP) is 6.13. The molecule has 0 saturated carbocycles. The minimum Gasteiger partial charge on any atom is -0.493 e. The smallest absolute Gasteiger partial charge is 0.322 e. The zero-order valence-electron chi connectivity index (χ0n) is 22.5. The van der Waals surface area contributed by atoms with Crippen LogP contribution in [0.3, 0.4) is 0 Å². The lowest BCUT2D eigenvalue weighted by molar-refractivity contribution is -0.132. The van der Waals surface area contributed by atoms with Gasteiger partial charge in [0.05, 0.1) is 38.1 Å². The second-order valence-corrected chi connectivity index (χ2v) is 10.6. The maximum Gasteiger partial charge on any atom is 0.322 e. The van der Waals surface area contributed by atoms with Crippen molar-refractivity contribution in [1.29, 1.82) is 0 Å². The van der Waals surface area contributed by atoms with Gasteiger partial charge in [-0.25, -0.2) is 4.79 Å². The summed E-state index contributed by atoms with van der Waals surface area (Å²) in [6.45, 7) is 3.28. The van der Waals surface area contributed by atoms with Gasteiger partial charge in [-0.2, -0.15) is 0 Å². The fourth-order valence-electron chi connectivity index (χ4n) is 3.83. The highest BCUT2D eigenvalue weighted by Crippen LogP contribution is 2.28. The maximum absolute atomic E-state index is 13.6. The van der Waals surface area contributed by atoms with Crippen LogP contribution in [0, 0.1) is 6.92 Å². The summed E-state index contributed by atoms with van der Waals surface area (Å²) in [4.78, 5) is 31.1. The molecule has 0 aliphatic carbocycles. The van der Waals surface area contributed by atoms with Gasteiger partial charge in [0.1, 0.15) is 6.54 Å². The van der Waals surface area contributed by atoms with Crippen molar-refractivity contribution in [1.82, 2.24) is 9.80 Å². The number of methoxy groups -OCH3 is 3. The normalized spacial score (nSPS) is 10.7. The molecule has 11 heteroatoms. The molecule has 0 aliphatic rings. The van der Waals surface area contributed by atoms with E-state index in [-0.39, 0.29) is 25.6 Å². The lowest BCUT2D eigenvalue weighted by Gasteiger charge is -2.28. The van der Waals surface area contributed by atoms with Crippen LogP contribution in [0.1, 0.15) is 16.0 Å². The van der Waals surface area contributed by atoms with Crippen LogP contribution in [-0.2, 0) is 22.5 Å². The number of hydrogen-bond acceptors (Lipinski definition) is 6. The van der Waals surface area contributed by atoms with Gasteiger partial charge >= 0.3 is 6.03 Å². The largest absolute Gasteiger partial charge is 0.493 e. The highest BCUT2D eigenvalue weighted by Gasteiger charge is 2.23. The Balaban J connectivity index is 1.77. The number of thiophene rings is 1. The molecule has 0 radical (unpaired) electrons. The molecule has 3 rings (SSSR count). The molecule has 3 amide bonds. The van der Waals surface area contributed by atoms with E-state index < -0.39 is 6.03 Å². The van der Waals surface area contributed by atoms with Crippen LogP contribution < -0.4 is 14.8 Å². The first-order valence-corrected chi connectivity index (χ1v) is 13.9.